The van der Waals surface area contributed by atoms with Crippen molar-refractivity contribution >= 4 is 0 Å². The molecule has 0 aliphatic rings. The van der Waals surface area contributed by atoms with Crippen LogP contribution in [-0.2, 0) is 14.2 Å². The van der Waals surface area contributed by atoms with Crippen LogP contribution in [0.15, 0.2) is 0 Å². The molecule has 0 bridgehead atoms. The van der Waals surface area contributed by atoms with Gasteiger partial charge in [-0.2, -0.15) is 0 Å². The lowest BCUT2D eigenvalue weighted by Gasteiger charge is -2.04. The van der Waals surface area contributed by atoms with Gasteiger partial charge >= 0.3 is 0 Å². The number of ether oxygens (including phenoxy) is 3. The van der Waals surface area contributed by atoms with Crippen LogP contribution in [0.5, 0.6) is 0 Å². The molecule has 13 heavy (non-hydrogen) atoms. The van der Waals surface area contributed by atoms with Crippen molar-refractivity contribution in [2.24, 2.45) is 5.73 Å². The third-order valence-corrected chi connectivity index (χ3v) is 1.48. The first-order valence-electron chi connectivity index (χ1n) is 4.76. The normalized spacial score (nSPS) is 10.6. The van der Waals surface area contributed by atoms with Crippen molar-refractivity contribution < 1.29 is 14.2 Å². The predicted octanol–water partition coefficient (Wildman–Crippen LogP) is 0.405. The van der Waals surface area contributed by atoms with E-state index < -0.39 is 0 Å². The first-order valence-corrected chi connectivity index (χ1v) is 4.76. The number of hydrogen-bond donors (Lipinski definition) is 1. The van der Waals surface area contributed by atoms with E-state index in [1.807, 2.05) is 0 Å². The minimum absolute atomic E-state index is 0.592. The summed E-state index contributed by atoms with van der Waals surface area (Å²) < 4.78 is 15.4. The quantitative estimate of drug-likeness (QED) is 0.508. The molecule has 4 heteroatoms. The van der Waals surface area contributed by atoms with Crippen LogP contribution in [0, 0.1) is 0 Å². The van der Waals surface area contributed by atoms with Gasteiger partial charge < -0.3 is 19.9 Å². The SMILES string of the molecule is COCCCOCCCOCCN. The van der Waals surface area contributed by atoms with Gasteiger partial charge in [0.25, 0.3) is 0 Å². The summed E-state index contributed by atoms with van der Waals surface area (Å²) >= 11 is 0. The van der Waals surface area contributed by atoms with Gasteiger partial charge in [-0.15, -0.1) is 0 Å². The highest BCUT2D eigenvalue weighted by molar-refractivity contribution is 4.37. The largest absolute Gasteiger partial charge is 0.385 e. The van der Waals surface area contributed by atoms with Crippen LogP contribution in [0.4, 0.5) is 0 Å². The van der Waals surface area contributed by atoms with Crippen molar-refractivity contribution in [3.63, 3.8) is 0 Å². The van der Waals surface area contributed by atoms with Crippen molar-refractivity contribution in [3.05, 3.63) is 0 Å². The fraction of sp³-hybridized carbons (Fsp3) is 1.00. The van der Waals surface area contributed by atoms with E-state index >= 15 is 0 Å². The second-order valence-electron chi connectivity index (χ2n) is 2.71. The number of hydrogen-bond acceptors (Lipinski definition) is 4. The van der Waals surface area contributed by atoms with Gasteiger partial charge in [0.2, 0.25) is 0 Å². The van der Waals surface area contributed by atoms with E-state index in [0.717, 1.165) is 39.3 Å². The summed E-state index contributed by atoms with van der Waals surface area (Å²) in [5, 5.41) is 0. The molecule has 0 aliphatic heterocycles. The molecule has 0 aromatic rings. The maximum absolute atomic E-state index is 5.32. The highest BCUT2D eigenvalue weighted by Crippen LogP contribution is 1.87. The lowest BCUT2D eigenvalue weighted by Crippen LogP contribution is -2.10. The molecule has 0 aromatic carbocycles. The Labute approximate surface area is 80.3 Å². The fourth-order valence-electron chi connectivity index (χ4n) is 0.856. The molecule has 0 unspecified atom stereocenters. The molecule has 2 N–H and O–H groups in total. The molecule has 0 atom stereocenters. The third-order valence-electron chi connectivity index (χ3n) is 1.48. The molecular weight excluding hydrogens is 170 g/mol. The Morgan fingerprint density at radius 1 is 0.846 bits per heavy atom. The minimum Gasteiger partial charge on any atom is -0.385 e. The van der Waals surface area contributed by atoms with E-state index in [4.69, 9.17) is 19.9 Å². The summed E-state index contributed by atoms with van der Waals surface area (Å²) in [6, 6.07) is 0. The Morgan fingerprint density at radius 3 is 1.92 bits per heavy atom. The van der Waals surface area contributed by atoms with Gasteiger partial charge in [0.05, 0.1) is 6.61 Å². The Balaban J connectivity index is 2.76. The summed E-state index contributed by atoms with van der Waals surface area (Å²) in [7, 11) is 1.70. The summed E-state index contributed by atoms with van der Waals surface area (Å²) in [5.41, 5.74) is 5.25. The van der Waals surface area contributed by atoms with Gasteiger partial charge in [-0.1, -0.05) is 0 Å². The molecule has 0 fully saturated rings. The maximum Gasteiger partial charge on any atom is 0.0588 e. The molecule has 80 valence electrons. The summed E-state index contributed by atoms with van der Waals surface area (Å²) in [5.74, 6) is 0. The first-order chi connectivity index (χ1) is 6.41. The van der Waals surface area contributed by atoms with Crippen LogP contribution >= 0.6 is 0 Å². The predicted molar refractivity (Wildman–Crippen MR) is 51.8 cm³/mol. The van der Waals surface area contributed by atoms with Crippen LogP contribution < -0.4 is 5.73 Å². The van der Waals surface area contributed by atoms with E-state index in [9.17, 15) is 0 Å². The van der Waals surface area contributed by atoms with Crippen LogP contribution in [0.2, 0.25) is 0 Å². The average molecular weight is 191 g/mol. The zero-order valence-electron chi connectivity index (χ0n) is 8.46. The molecule has 0 rings (SSSR count). The van der Waals surface area contributed by atoms with Crippen molar-refractivity contribution in [2.75, 3.05) is 46.7 Å². The van der Waals surface area contributed by atoms with E-state index in [0.29, 0.717) is 13.2 Å². The fourth-order valence-corrected chi connectivity index (χ4v) is 0.856. The van der Waals surface area contributed by atoms with E-state index in [2.05, 4.69) is 0 Å². The zero-order valence-corrected chi connectivity index (χ0v) is 8.46. The Kier molecular flexibility index (Phi) is 11.7. The van der Waals surface area contributed by atoms with Gasteiger partial charge in [-0.3, -0.25) is 0 Å². The maximum atomic E-state index is 5.32. The number of rotatable bonds is 10. The smallest absolute Gasteiger partial charge is 0.0588 e. The van der Waals surface area contributed by atoms with Gasteiger partial charge in [0, 0.05) is 40.1 Å². The molecule has 0 spiro atoms. The van der Waals surface area contributed by atoms with Gasteiger partial charge in [-0.05, 0) is 12.8 Å². The summed E-state index contributed by atoms with van der Waals surface area (Å²) in [6.07, 6.45) is 1.90. The zero-order chi connectivity index (χ0) is 9.78. The molecular formula is C9H21NO3. The molecule has 0 aliphatic carbocycles. The van der Waals surface area contributed by atoms with Crippen molar-refractivity contribution in [2.45, 2.75) is 12.8 Å². The minimum atomic E-state index is 0.592. The number of methoxy groups -OCH3 is 1. The lowest BCUT2D eigenvalue weighted by molar-refractivity contribution is 0.0737. The van der Waals surface area contributed by atoms with Crippen molar-refractivity contribution in [3.8, 4) is 0 Å². The van der Waals surface area contributed by atoms with Crippen LogP contribution in [0.3, 0.4) is 0 Å². The summed E-state index contributed by atoms with van der Waals surface area (Å²) in [6.45, 7) is 4.27. The lowest BCUT2D eigenvalue weighted by atomic mass is 10.4. The monoisotopic (exact) mass is 191 g/mol. The van der Waals surface area contributed by atoms with Crippen LogP contribution in [-0.4, -0.2) is 46.7 Å². The molecule has 0 saturated heterocycles. The van der Waals surface area contributed by atoms with Crippen LogP contribution in [0.25, 0.3) is 0 Å². The number of nitrogens with two attached hydrogens (primary N) is 1. The van der Waals surface area contributed by atoms with E-state index in [1.165, 1.54) is 0 Å². The highest BCUT2D eigenvalue weighted by Gasteiger charge is 1.90. The van der Waals surface area contributed by atoms with E-state index in [-0.39, 0.29) is 0 Å². The standard InChI is InChI=1S/C9H21NO3/c1-11-5-2-6-12-7-3-8-13-9-4-10/h2-10H2,1H3. The Morgan fingerprint density at radius 2 is 1.38 bits per heavy atom. The molecule has 0 aromatic heterocycles. The van der Waals surface area contributed by atoms with E-state index in [1.54, 1.807) is 7.11 Å². The van der Waals surface area contributed by atoms with Gasteiger partial charge in [0.15, 0.2) is 0 Å². The molecule has 0 amide bonds. The first kappa shape index (κ1) is 12.8. The van der Waals surface area contributed by atoms with Crippen molar-refractivity contribution in [1.82, 2.24) is 0 Å². The van der Waals surface area contributed by atoms with Gasteiger partial charge in [0.1, 0.15) is 0 Å². The highest BCUT2D eigenvalue weighted by atomic mass is 16.5. The molecule has 0 saturated carbocycles. The van der Waals surface area contributed by atoms with Crippen LogP contribution in [0.1, 0.15) is 12.8 Å². The Bertz CT molecular complexity index is 80.9. The molecule has 4 nitrogen and oxygen atoms in total. The second-order valence-corrected chi connectivity index (χ2v) is 2.71. The second kappa shape index (κ2) is 11.8. The van der Waals surface area contributed by atoms with Gasteiger partial charge in [-0.25, -0.2) is 0 Å². The Hall–Kier alpha value is -0.160. The molecule has 0 heterocycles. The topological polar surface area (TPSA) is 53.7 Å². The average Bonchev–Trinajstić information content (AvgIpc) is 2.16. The summed E-state index contributed by atoms with van der Waals surface area (Å²) in [4.78, 5) is 0. The third kappa shape index (κ3) is 11.8. The molecule has 0 radical (unpaired) electrons. The van der Waals surface area contributed by atoms with Crippen molar-refractivity contribution in [1.29, 1.82) is 0 Å².